The Morgan fingerprint density at radius 3 is 1.30 bits per heavy atom. The Bertz CT molecular complexity index is 255. The molecule has 0 aromatic rings. The average molecular weight is 389 g/mol. The first kappa shape index (κ1) is 37.3. The minimum atomic E-state index is 0. The molecule has 0 saturated carbocycles. The molecule has 0 bridgehead atoms. The Labute approximate surface area is 176 Å². The van der Waals surface area contributed by atoms with Gasteiger partial charge < -0.3 is 5.01 Å². The van der Waals surface area contributed by atoms with Gasteiger partial charge in [-0.3, -0.25) is 0 Å². The van der Waals surface area contributed by atoms with Crippen LogP contribution in [-0.4, -0.2) is 24.8 Å². The van der Waals surface area contributed by atoms with Crippen LogP contribution in [0.25, 0.3) is 0 Å². The highest BCUT2D eigenvalue weighted by atomic mass is 15.4. The molecule has 27 heavy (non-hydrogen) atoms. The molecule has 0 N–H and O–H groups in total. The van der Waals surface area contributed by atoms with Crippen molar-refractivity contribution in [2.24, 2.45) is 11.0 Å². The zero-order valence-corrected chi connectivity index (χ0v) is 16.9. The van der Waals surface area contributed by atoms with Gasteiger partial charge in [-0.25, -0.2) is 0 Å². The van der Waals surface area contributed by atoms with Gasteiger partial charge in [-0.15, -0.1) is 0 Å². The van der Waals surface area contributed by atoms with Gasteiger partial charge >= 0.3 is 0 Å². The summed E-state index contributed by atoms with van der Waals surface area (Å²) in [6.45, 7) is 6.81. The molecule has 170 valence electrons. The third-order valence-corrected chi connectivity index (χ3v) is 4.76. The van der Waals surface area contributed by atoms with Crippen LogP contribution in [0.1, 0.15) is 140 Å². The lowest BCUT2D eigenvalue weighted by Gasteiger charge is -2.18. The predicted molar refractivity (Wildman–Crippen MR) is 133 cm³/mol. The Balaban J connectivity index is -0.000000403. The van der Waals surface area contributed by atoms with Crippen LogP contribution in [0.5, 0.6) is 0 Å². The Morgan fingerprint density at radius 2 is 0.963 bits per heavy atom. The molecule has 0 saturated heterocycles. The molecule has 0 aromatic heterocycles. The van der Waals surface area contributed by atoms with Gasteiger partial charge in [0, 0.05) is 19.8 Å². The van der Waals surface area contributed by atoms with Crippen LogP contribution in [0.4, 0.5) is 0 Å². The third-order valence-electron chi connectivity index (χ3n) is 4.76. The molecule has 0 rings (SSSR count). The van der Waals surface area contributed by atoms with Crippen molar-refractivity contribution in [2.45, 2.75) is 140 Å². The molecule has 0 radical (unpaired) electrons. The lowest BCUT2D eigenvalue weighted by atomic mass is 9.91. The monoisotopic (exact) mass is 388 g/mol. The maximum absolute atomic E-state index is 4.68. The number of unbranched alkanes of at least 4 members (excludes halogenated alkanes) is 10. The Hall–Kier alpha value is -0.530. The topological polar surface area (TPSA) is 15.6 Å². The number of hydrazone groups is 1. The van der Waals surface area contributed by atoms with Gasteiger partial charge in [0.15, 0.2) is 0 Å². The molecular formula is C25H60N2. The number of hydrogen-bond acceptors (Lipinski definition) is 2. The minimum Gasteiger partial charge on any atom is -0.303 e. The quantitative estimate of drug-likeness (QED) is 0.146. The summed E-state index contributed by atoms with van der Waals surface area (Å²) >= 11 is 0. The predicted octanol–water partition coefficient (Wildman–Crippen LogP) is 9.59. The van der Waals surface area contributed by atoms with E-state index in [1.165, 1.54) is 95.6 Å². The van der Waals surface area contributed by atoms with E-state index >= 15 is 0 Å². The van der Waals surface area contributed by atoms with Crippen LogP contribution >= 0.6 is 0 Å². The summed E-state index contributed by atoms with van der Waals surface area (Å²) < 4.78 is 0. The van der Waals surface area contributed by atoms with Gasteiger partial charge in [0.25, 0.3) is 0 Å². The van der Waals surface area contributed by atoms with Crippen LogP contribution in [0.2, 0.25) is 0 Å². The van der Waals surface area contributed by atoms with Gasteiger partial charge in [-0.05, 0) is 25.7 Å². The summed E-state index contributed by atoms with van der Waals surface area (Å²) in [6.07, 6.45) is 19.4. The zero-order chi connectivity index (χ0) is 17.3. The van der Waals surface area contributed by atoms with E-state index in [2.05, 4.69) is 25.9 Å². The van der Waals surface area contributed by atoms with Crippen LogP contribution in [0.15, 0.2) is 5.10 Å². The first-order valence-corrected chi connectivity index (χ1v) is 10.3. The summed E-state index contributed by atoms with van der Waals surface area (Å²) in [5, 5.41) is 6.65. The van der Waals surface area contributed by atoms with Crippen molar-refractivity contribution < 1.29 is 0 Å². The van der Waals surface area contributed by atoms with Gasteiger partial charge in [0.05, 0.1) is 0 Å². The van der Waals surface area contributed by atoms with Crippen LogP contribution < -0.4 is 0 Å². The summed E-state index contributed by atoms with van der Waals surface area (Å²) in [7, 11) is 4.08. The smallest absolute Gasteiger partial charge is 0.0380 e. The maximum atomic E-state index is 4.68. The molecule has 0 unspecified atom stereocenters. The Kier molecular flexibility index (Phi) is 38.2. The first-order valence-electron chi connectivity index (χ1n) is 10.3. The molecule has 0 atom stereocenters. The van der Waals surface area contributed by atoms with Gasteiger partial charge in [0.2, 0.25) is 0 Å². The minimum absolute atomic E-state index is 0. The average Bonchev–Trinajstić information content (AvgIpc) is 2.51. The van der Waals surface area contributed by atoms with Crippen molar-refractivity contribution in [1.82, 2.24) is 5.01 Å². The standard InChI is InChI=1S/C21H44N2.4CH4/c1-6-8-10-12-14-16-18-21(20(3)22-23(4)5)19-17-15-13-11-9-7-2;;;;/h21H,6-19H2,1-5H3;4*1H4/b22-20+;;;;. The highest BCUT2D eigenvalue weighted by Crippen LogP contribution is 2.21. The molecule has 0 aromatic carbocycles. The molecule has 2 heteroatoms. The second kappa shape index (κ2) is 27.7. The summed E-state index contributed by atoms with van der Waals surface area (Å²) in [6, 6.07) is 0. The zero-order valence-electron chi connectivity index (χ0n) is 16.9. The van der Waals surface area contributed by atoms with Crippen molar-refractivity contribution in [3.8, 4) is 0 Å². The van der Waals surface area contributed by atoms with Crippen LogP contribution in [-0.2, 0) is 0 Å². The molecule has 0 aliphatic carbocycles. The van der Waals surface area contributed by atoms with E-state index in [9.17, 15) is 0 Å². The second-order valence-electron chi connectivity index (χ2n) is 7.40. The van der Waals surface area contributed by atoms with Crippen molar-refractivity contribution in [1.29, 1.82) is 0 Å². The fourth-order valence-electron chi connectivity index (χ4n) is 3.30. The SMILES string of the molecule is C.C.C.C.CCCCCCCCC(CCCCCCCC)/C(C)=N/N(C)C. The van der Waals surface area contributed by atoms with E-state index in [1.54, 1.807) is 0 Å². The lowest BCUT2D eigenvalue weighted by molar-refractivity contribution is 0.421. The summed E-state index contributed by atoms with van der Waals surface area (Å²) in [5.74, 6) is 0.703. The number of hydrogen-bond donors (Lipinski definition) is 0. The van der Waals surface area contributed by atoms with E-state index in [1.807, 2.05) is 19.1 Å². The van der Waals surface area contributed by atoms with E-state index in [0.717, 1.165) is 0 Å². The van der Waals surface area contributed by atoms with E-state index in [0.29, 0.717) is 5.92 Å². The molecule has 0 heterocycles. The molecule has 0 aliphatic heterocycles. The lowest BCUT2D eigenvalue weighted by Crippen LogP contribution is -2.16. The van der Waals surface area contributed by atoms with E-state index < -0.39 is 0 Å². The third kappa shape index (κ3) is 25.5. The Morgan fingerprint density at radius 1 is 0.630 bits per heavy atom. The molecule has 0 fully saturated rings. The van der Waals surface area contributed by atoms with Crippen molar-refractivity contribution in [2.75, 3.05) is 14.1 Å². The fourth-order valence-corrected chi connectivity index (χ4v) is 3.30. The largest absolute Gasteiger partial charge is 0.303 e. The van der Waals surface area contributed by atoms with Crippen molar-refractivity contribution in [3.63, 3.8) is 0 Å². The number of nitrogens with zero attached hydrogens (tertiary/aromatic N) is 2. The first-order chi connectivity index (χ1) is 11.1. The summed E-state index contributed by atoms with van der Waals surface area (Å²) in [4.78, 5) is 0. The second-order valence-corrected chi connectivity index (χ2v) is 7.40. The molecule has 0 amide bonds. The fraction of sp³-hybridized carbons (Fsp3) is 0.960. The summed E-state index contributed by atoms with van der Waals surface area (Å²) in [5.41, 5.74) is 1.34. The molecular weight excluding hydrogens is 328 g/mol. The van der Waals surface area contributed by atoms with Crippen LogP contribution in [0.3, 0.4) is 0 Å². The highest BCUT2D eigenvalue weighted by molar-refractivity contribution is 5.84. The van der Waals surface area contributed by atoms with E-state index in [-0.39, 0.29) is 29.7 Å². The molecule has 0 spiro atoms. The highest BCUT2D eigenvalue weighted by Gasteiger charge is 2.12. The number of rotatable bonds is 16. The van der Waals surface area contributed by atoms with Gasteiger partial charge in [0.1, 0.15) is 0 Å². The molecule has 2 nitrogen and oxygen atoms in total. The van der Waals surface area contributed by atoms with Crippen molar-refractivity contribution >= 4 is 5.71 Å². The van der Waals surface area contributed by atoms with E-state index in [4.69, 9.17) is 0 Å². The normalized spacial score (nSPS) is 10.4. The van der Waals surface area contributed by atoms with Crippen LogP contribution in [0, 0.1) is 5.92 Å². The van der Waals surface area contributed by atoms with Gasteiger partial charge in [-0.1, -0.05) is 121 Å². The maximum Gasteiger partial charge on any atom is 0.0380 e. The van der Waals surface area contributed by atoms with Crippen molar-refractivity contribution in [3.05, 3.63) is 0 Å². The van der Waals surface area contributed by atoms with Gasteiger partial charge in [-0.2, -0.15) is 5.10 Å². The molecule has 0 aliphatic rings.